The van der Waals surface area contributed by atoms with Gasteiger partial charge in [-0.1, -0.05) is 25.0 Å². The molecule has 0 spiro atoms. The molecule has 1 aromatic carbocycles. The summed E-state index contributed by atoms with van der Waals surface area (Å²) in [6.07, 6.45) is 8.11. The number of aryl methyl sites for hydroxylation is 1. The monoisotopic (exact) mass is 379 g/mol. The number of ketones is 1. The third kappa shape index (κ3) is 2.93. The molecular weight excluding hydrogens is 354 g/mol. The molecule has 0 saturated heterocycles. The summed E-state index contributed by atoms with van der Waals surface area (Å²) in [7, 11) is 1.44. The van der Waals surface area contributed by atoms with Gasteiger partial charge in [-0.3, -0.25) is 14.3 Å². The van der Waals surface area contributed by atoms with E-state index in [1.165, 1.54) is 30.5 Å². The Kier molecular flexibility index (Phi) is 4.57. The van der Waals surface area contributed by atoms with Crippen LogP contribution in [0.25, 0.3) is 10.9 Å². The molecule has 0 N–H and O–H groups in total. The van der Waals surface area contributed by atoms with Crippen molar-refractivity contribution in [1.29, 1.82) is 0 Å². The summed E-state index contributed by atoms with van der Waals surface area (Å²) in [6, 6.07) is 8.54. The first-order valence-corrected chi connectivity index (χ1v) is 9.69. The Balaban J connectivity index is 1.84. The van der Waals surface area contributed by atoms with E-state index in [9.17, 15) is 9.59 Å². The van der Waals surface area contributed by atoms with Gasteiger partial charge in [-0.05, 0) is 37.5 Å². The van der Waals surface area contributed by atoms with E-state index in [0.29, 0.717) is 6.54 Å². The number of aromatic nitrogens is 3. The van der Waals surface area contributed by atoms with Crippen molar-refractivity contribution in [3.05, 3.63) is 58.1 Å². The highest BCUT2D eigenvalue weighted by atomic mass is 16.5. The molecule has 4 rings (SSSR count). The van der Waals surface area contributed by atoms with E-state index in [0.717, 1.165) is 25.7 Å². The molecule has 2 aromatic heterocycles. The van der Waals surface area contributed by atoms with Crippen molar-refractivity contribution < 1.29 is 9.53 Å². The molecule has 6 nitrogen and oxygen atoms in total. The standard InChI is InChI=1S/C22H25N3O3/c1-15-7-6-8-18-17(15)9-12-25(18)22(10-4-5-11-22)14-24-13-19(28-3)21(27)20(23-24)16(2)26/h6-9,12-13H,4-5,10-11,14H2,1-3H3. The average Bonchev–Trinajstić information content (AvgIpc) is 3.31. The lowest BCUT2D eigenvalue weighted by atomic mass is 9.96. The van der Waals surface area contributed by atoms with Crippen molar-refractivity contribution in [3.8, 4) is 5.75 Å². The predicted molar refractivity (Wildman–Crippen MR) is 108 cm³/mol. The third-order valence-corrected chi connectivity index (χ3v) is 5.94. The van der Waals surface area contributed by atoms with Crippen molar-refractivity contribution >= 4 is 16.7 Å². The second kappa shape index (κ2) is 6.93. The van der Waals surface area contributed by atoms with Gasteiger partial charge in [0.1, 0.15) is 0 Å². The molecule has 1 fully saturated rings. The van der Waals surface area contributed by atoms with Crippen molar-refractivity contribution in [2.75, 3.05) is 7.11 Å². The largest absolute Gasteiger partial charge is 0.491 e. The fraction of sp³-hybridized carbons (Fsp3) is 0.409. The second-order valence-corrected chi connectivity index (χ2v) is 7.75. The summed E-state index contributed by atoms with van der Waals surface area (Å²) in [5.74, 6) is -0.193. The van der Waals surface area contributed by atoms with E-state index >= 15 is 0 Å². The number of nitrogens with zero attached hydrogens (tertiary/aromatic N) is 3. The number of Topliss-reactive ketones (excluding diaryl/α,β-unsaturated/α-hetero) is 1. The van der Waals surface area contributed by atoms with E-state index in [4.69, 9.17) is 4.74 Å². The van der Waals surface area contributed by atoms with Crippen LogP contribution in [0.1, 0.15) is 48.7 Å². The van der Waals surface area contributed by atoms with Gasteiger partial charge in [-0.2, -0.15) is 5.10 Å². The normalized spacial score (nSPS) is 15.8. The van der Waals surface area contributed by atoms with E-state index in [1.54, 1.807) is 10.9 Å². The summed E-state index contributed by atoms with van der Waals surface area (Å²) in [5.41, 5.74) is 1.80. The predicted octanol–water partition coefficient (Wildman–Crippen LogP) is 3.69. The van der Waals surface area contributed by atoms with E-state index in [2.05, 4.69) is 47.1 Å². The number of carbonyl (C=O) groups excluding carboxylic acids is 1. The lowest BCUT2D eigenvalue weighted by Crippen LogP contribution is -2.36. The number of fused-ring (bicyclic) bond motifs is 1. The summed E-state index contributed by atoms with van der Waals surface area (Å²) < 4.78 is 9.29. The Labute approximate surface area is 163 Å². The van der Waals surface area contributed by atoms with Gasteiger partial charge in [0.05, 0.1) is 25.4 Å². The average molecular weight is 379 g/mol. The molecule has 2 heterocycles. The Morgan fingerprint density at radius 3 is 2.68 bits per heavy atom. The van der Waals surface area contributed by atoms with Crippen molar-refractivity contribution in [3.63, 3.8) is 0 Å². The van der Waals surface area contributed by atoms with Gasteiger partial charge in [0.15, 0.2) is 17.2 Å². The number of hydrogen-bond donors (Lipinski definition) is 0. The van der Waals surface area contributed by atoms with Crippen LogP contribution < -0.4 is 10.2 Å². The fourth-order valence-corrected chi connectivity index (χ4v) is 4.52. The van der Waals surface area contributed by atoms with Crippen molar-refractivity contribution in [1.82, 2.24) is 14.3 Å². The molecular formula is C22H25N3O3. The number of ether oxygens (including phenoxy) is 1. The summed E-state index contributed by atoms with van der Waals surface area (Å²) in [6.45, 7) is 4.07. The third-order valence-electron chi connectivity index (χ3n) is 5.94. The molecule has 1 aliphatic rings. The van der Waals surface area contributed by atoms with Crippen LogP contribution in [0, 0.1) is 6.92 Å². The molecule has 6 heteroatoms. The number of carbonyl (C=O) groups is 1. The van der Waals surface area contributed by atoms with Crippen LogP contribution >= 0.6 is 0 Å². The minimum absolute atomic E-state index is 0.0688. The molecule has 0 amide bonds. The van der Waals surface area contributed by atoms with Crippen LogP contribution in [0.2, 0.25) is 0 Å². The lowest BCUT2D eigenvalue weighted by molar-refractivity contribution is 0.100. The van der Waals surface area contributed by atoms with Crippen LogP contribution in [-0.2, 0) is 12.1 Å². The maximum Gasteiger partial charge on any atom is 0.252 e. The maximum atomic E-state index is 12.3. The first-order valence-electron chi connectivity index (χ1n) is 9.69. The molecule has 0 bridgehead atoms. The van der Waals surface area contributed by atoms with Gasteiger partial charge in [0, 0.05) is 24.0 Å². The summed E-state index contributed by atoms with van der Waals surface area (Å²) >= 11 is 0. The van der Waals surface area contributed by atoms with Gasteiger partial charge >= 0.3 is 0 Å². The highest BCUT2D eigenvalue weighted by Gasteiger charge is 2.37. The Morgan fingerprint density at radius 1 is 1.25 bits per heavy atom. The molecule has 146 valence electrons. The first-order chi connectivity index (χ1) is 13.4. The van der Waals surface area contributed by atoms with Gasteiger partial charge in [-0.15, -0.1) is 0 Å². The number of benzene rings is 1. The lowest BCUT2D eigenvalue weighted by Gasteiger charge is -2.33. The molecule has 0 aliphatic heterocycles. The van der Waals surface area contributed by atoms with Crippen LogP contribution in [0.5, 0.6) is 5.75 Å². The second-order valence-electron chi connectivity index (χ2n) is 7.75. The SMILES string of the molecule is COc1cn(CC2(n3ccc4c(C)cccc43)CCCC2)nc(C(C)=O)c1=O. The highest BCUT2D eigenvalue weighted by molar-refractivity contribution is 5.92. The van der Waals surface area contributed by atoms with Crippen LogP contribution in [0.15, 0.2) is 41.5 Å². The molecule has 1 saturated carbocycles. The minimum Gasteiger partial charge on any atom is -0.491 e. The van der Waals surface area contributed by atoms with Gasteiger partial charge < -0.3 is 9.30 Å². The molecule has 0 radical (unpaired) electrons. The molecule has 1 aliphatic carbocycles. The quantitative estimate of drug-likeness (QED) is 0.634. The van der Waals surface area contributed by atoms with Crippen LogP contribution in [-0.4, -0.2) is 27.2 Å². The topological polar surface area (TPSA) is 66.1 Å². The van der Waals surface area contributed by atoms with Crippen LogP contribution in [0.3, 0.4) is 0 Å². The molecule has 3 aromatic rings. The highest BCUT2D eigenvalue weighted by Crippen LogP contribution is 2.40. The Hall–Kier alpha value is -2.89. The van der Waals surface area contributed by atoms with Gasteiger partial charge in [0.25, 0.3) is 5.43 Å². The van der Waals surface area contributed by atoms with Gasteiger partial charge in [0.2, 0.25) is 0 Å². The smallest absolute Gasteiger partial charge is 0.252 e. The zero-order chi connectivity index (χ0) is 19.9. The van der Waals surface area contributed by atoms with Crippen molar-refractivity contribution in [2.45, 2.75) is 51.6 Å². The fourth-order valence-electron chi connectivity index (χ4n) is 4.52. The molecule has 28 heavy (non-hydrogen) atoms. The Morgan fingerprint density at radius 2 is 2.00 bits per heavy atom. The van der Waals surface area contributed by atoms with Crippen molar-refractivity contribution in [2.24, 2.45) is 0 Å². The minimum atomic E-state index is -0.450. The number of hydrogen-bond acceptors (Lipinski definition) is 4. The van der Waals surface area contributed by atoms with E-state index < -0.39 is 5.43 Å². The number of methoxy groups -OCH3 is 1. The zero-order valence-electron chi connectivity index (χ0n) is 16.6. The first kappa shape index (κ1) is 18.5. The van der Waals surface area contributed by atoms with Gasteiger partial charge in [-0.25, -0.2) is 0 Å². The summed E-state index contributed by atoms with van der Waals surface area (Å²) in [4.78, 5) is 24.2. The van der Waals surface area contributed by atoms with E-state index in [1.807, 2.05) is 0 Å². The Bertz CT molecular complexity index is 1100. The summed E-state index contributed by atoms with van der Waals surface area (Å²) in [5, 5.41) is 5.61. The zero-order valence-corrected chi connectivity index (χ0v) is 16.6. The molecule has 0 unspecified atom stereocenters. The number of rotatable bonds is 5. The van der Waals surface area contributed by atoms with Crippen LogP contribution in [0.4, 0.5) is 0 Å². The molecule has 0 atom stereocenters. The maximum absolute atomic E-state index is 12.3. The van der Waals surface area contributed by atoms with E-state index in [-0.39, 0.29) is 22.8 Å².